The fraction of sp³-hybridized carbons (Fsp3) is 0.222. The standard InChI is InChI=1S/C18H17FN2O5S/c1-12(18(23)20-10-13-6-8-14(19)9-7-13)26-17(22)11-27-16-5-3-2-4-15(16)21(24)25/h2-9,12H,10-11H2,1H3,(H,20,23)/t12-/m1/s1. The monoisotopic (exact) mass is 392 g/mol. The molecule has 2 aromatic rings. The molecule has 27 heavy (non-hydrogen) atoms. The van der Waals surface area contributed by atoms with Crippen LogP contribution in [0.4, 0.5) is 10.1 Å². The first kappa shape index (κ1) is 20.4. The SMILES string of the molecule is C[C@@H](OC(=O)CSc1ccccc1[N+](=O)[O-])C(=O)NCc1ccc(F)cc1. The number of thioether (sulfide) groups is 1. The zero-order valence-corrected chi connectivity index (χ0v) is 15.2. The molecule has 0 saturated heterocycles. The summed E-state index contributed by atoms with van der Waals surface area (Å²) in [4.78, 5) is 34.6. The van der Waals surface area contributed by atoms with Gasteiger partial charge in [0.05, 0.1) is 15.6 Å². The number of hydrogen-bond acceptors (Lipinski definition) is 6. The van der Waals surface area contributed by atoms with Crippen molar-refractivity contribution in [2.45, 2.75) is 24.5 Å². The van der Waals surface area contributed by atoms with E-state index in [1.807, 2.05) is 0 Å². The number of hydrogen-bond donors (Lipinski definition) is 1. The molecule has 0 spiro atoms. The van der Waals surface area contributed by atoms with Crippen molar-refractivity contribution >= 4 is 29.3 Å². The van der Waals surface area contributed by atoms with E-state index in [1.165, 1.54) is 49.4 Å². The number of nitro groups is 1. The topological polar surface area (TPSA) is 98.5 Å². The van der Waals surface area contributed by atoms with E-state index >= 15 is 0 Å². The Morgan fingerprint density at radius 2 is 1.89 bits per heavy atom. The summed E-state index contributed by atoms with van der Waals surface area (Å²) in [7, 11) is 0. The molecule has 0 aromatic heterocycles. The summed E-state index contributed by atoms with van der Waals surface area (Å²) in [5.74, 6) is -1.70. The summed E-state index contributed by atoms with van der Waals surface area (Å²) in [6.45, 7) is 1.60. The number of nitro benzene ring substituents is 1. The third-order valence-electron chi connectivity index (χ3n) is 3.46. The first-order valence-corrected chi connectivity index (χ1v) is 8.93. The second-order valence-corrected chi connectivity index (χ2v) is 6.51. The first-order valence-electron chi connectivity index (χ1n) is 7.94. The Bertz CT molecular complexity index is 829. The van der Waals surface area contributed by atoms with Crippen LogP contribution in [0.2, 0.25) is 0 Å². The van der Waals surface area contributed by atoms with Crippen molar-refractivity contribution in [3.8, 4) is 0 Å². The molecule has 0 fully saturated rings. The number of nitrogens with one attached hydrogen (secondary N) is 1. The number of benzene rings is 2. The number of amides is 1. The summed E-state index contributed by atoms with van der Waals surface area (Å²) in [5.41, 5.74) is 0.607. The van der Waals surface area contributed by atoms with Gasteiger partial charge in [-0.1, -0.05) is 24.3 Å². The van der Waals surface area contributed by atoms with Crippen LogP contribution < -0.4 is 5.32 Å². The summed E-state index contributed by atoms with van der Waals surface area (Å²) < 4.78 is 17.9. The van der Waals surface area contributed by atoms with Gasteiger partial charge < -0.3 is 10.1 Å². The van der Waals surface area contributed by atoms with Gasteiger partial charge in [-0.05, 0) is 30.7 Å². The zero-order valence-electron chi connectivity index (χ0n) is 14.4. The second-order valence-electron chi connectivity index (χ2n) is 5.49. The molecule has 0 unspecified atom stereocenters. The molecule has 0 bridgehead atoms. The van der Waals surface area contributed by atoms with Gasteiger partial charge in [0.1, 0.15) is 5.82 Å². The van der Waals surface area contributed by atoms with E-state index in [-0.39, 0.29) is 23.8 Å². The Hall–Kier alpha value is -2.94. The van der Waals surface area contributed by atoms with Gasteiger partial charge in [-0.25, -0.2) is 4.39 Å². The van der Waals surface area contributed by atoms with Gasteiger partial charge >= 0.3 is 5.97 Å². The number of rotatable bonds is 8. The number of esters is 1. The lowest BCUT2D eigenvalue weighted by atomic mass is 10.2. The first-order chi connectivity index (χ1) is 12.9. The van der Waals surface area contributed by atoms with Crippen molar-refractivity contribution in [3.05, 3.63) is 70.0 Å². The van der Waals surface area contributed by atoms with Crippen molar-refractivity contribution in [2.75, 3.05) is 5.75 Å². The van der Waals surface area contributed by atoms with Crippen molar-refractivity contribution in [1.29, 1.82) is 0 Å². The van der Waals surface area contributed by atoms with E-state index in [0.717, 1.165) is 11.8 Å². The number of carbonyl (C=O) groups excluding carboxylic acids is 2. The molecular weight excluding hydrogens is 375 g/mol. The number of ether oxygens (including phenoxy) is 1. The maximum absolute atomic E-state index is 12.8. The van der Waals surface area contributed by atoms with Gasteiger partial charge in [0.2, 0.25) is 0 Å². The van der Waals surface area contributed by atoms with Crippen LogP contribution in [-0.4, -0.2) is 28.7 Å². The Morgan fingerprint density at radius 3 is 2.56 bits per heavy atom. The van der Waals surface area contributed by atoms with Gasteiger partial charge in [-0.15, -0.1) is 11.8 Å². The molecule has 0 radical (unpaired) electrons. The van der Waals surface area contributed by atoms with Crippen LogP contribution in [0.3, 0.4) is 0 Å². The lowest BCUT2D eigenvalue weighted by molar-refractivity contribution is -0.387. The van der Waals surface area contributed by atoms with Crippen LogP contribution in [0.15, 0.2) is 53.4 Å². The molecule has 0 aliphatic heterocycles. The van der Waals surface area contributed by atoms with Crippen LogP contribution in [-0.2, 0) is 20.9 Å². The van der Waals surface area contributed by atoms with Gasteiger partial charge in [0.25, 0.3) is 11.6 Å². The molecule has 1 amide bonds. The molecule has 0 aliphatic carbocycles. The Labute approximate surface area is 159 Å². The second kappa shape index (κ2) is 9.67. The quantitative estimate of drug-likeness (QED) is 0.321. The molecule has 9 heteroatoms. The largest absolute Gasteiger partial charge is 0.452 e. The highest BCUT2D eigenvalue weighted by Crippen LogP contribution is 2.28. The third-order valence-corrected chi connectivity index (χ3v) is 4.50. The van der Waals surface area contributed by atoms with E-state index in [1.54, 1.807) is 6.07 Å². The summed E-state index contributed by atoms with van der Waals surface area (Å²) in [5, 5.41) is 13.5. The highest BCUT2D eigenvalue weighted by Gasteiger charge is 2.19. The number of carbonyl (C=O) groups is 2. The van der Waals surface area contributed by atoms with E-state index in [9.17, 15) is 24.1 Å². The third kappa shape index (κ3) is 6.37. The zero-order chi connectivity index (χ0) is 19.8. The van der Waals surface area contributed by atoms with E-state index in [2.05, 4.69) is 5.32 Å². The van der Waals surface area contributed by atoms with Crippen molar-refractivity contribution in [2.24, 2.45) is 0 Å². The molecule has 2 rings (SSSR count). The molecule has 0 aliphatic rings. The van der Waals surface area contributed by atoms with Gasteiger partial charge in [0.15, 0.2) is 6.10 Å². The average molecular weight is 392 g/mol. The molecule has 7 nitrogen and oxygen atoms in total. The van der Waals surface area contributed by atoms with E-state index in [0.29, 0.717) is 10.5 Å². The smallest absolute Gasteiger partial charge is 0.317 e. The molecule has 0 saturated carbocycles. The van der Waals surface area contributed by atoms with Crippen LogP contribution >= 0.6 is 11.8 Å². The Balaban J connectivity index is 1.80. The molecule has 2 aromatic carbocycles. The predicted octanol–water partition coefficient (Wildman–Crippen LogP) is 3.07. The lowest BCUT2D eigenvalue weighted by Gasteiger charge is -2.13. The summed E-state index contributed by atoms with van der Waals surface area (Å²) >= 11 is 0.965. The summed E-state index contributed by atoms with van der Waals surface area (Å²) in [6.07, 6.45) is -1.02. The number of nitrogens with zero attached hydrogens (tertiary/aromatic N) is 1. The van der Waals surface area contributed by atoms with Crippen molar-refractivity contribution < 1.29 is 23.6 Å². The minimum absolute atomic E-state index is 0.0969. The van der Waals surface area contributed by atoms with E-state index in [4.69, 9.17) is 4.74 Å². The lowest BCUT2D eigenvalue weighted by Crippen LogP contribution is -2.35. The van der Waals surface area contributed by atoms with Crippen LogP contribution in [0.5, 0.6) is 0 Å². The maximum atomic E-state index is 12.8. The fourth-order valence-corrected chi connectivity index (χ4v) is 2.89. The molecule has 142 valence electrons. The van der Waals surface area contributed by atoms with Gasteiger partial charge in [-0.3, -0.25) is 19.7 Å². The summed E-state index contributed by atoms with van der Waals surface area (Å²) in [6, 6.07) is 11.7. The van der Waals surface area contributed by atoms with Gasteiger partial charge in [-0.2, -0.15) is 0 Å². The predicted molar refractivity (Wildman–Crippen MR) is 97.6 cm³/mol. The fourth-order valence-electron chi connectivity index (χ4n) is 2.09. The molecule has 0 heterocycles. The number of para-hydroxylation sites is 1. The number of halogens is 1. The normalized spacial score (nSPS) is 11.5. The van der Waals surface area contributed by atoms with Crippen molar-refractivity contribution in [3.63, 3.8) is 0 Å². The molecule has 1 atom stereocenters. The maximum Gasteiger partial charge on any atom is 0.317 e. The van der Waals surface area contributed by atoms with Crippen LogP contribution in [0, 0.1) is 15.9 Å². The van der Waals surface area contributed by atoms with Crippen LogP contribution in [0.25, 0.3) is 0 Å². The minimum atomic E-state index is -1.02. The highest BCUT2D eigenvalue weighted by atomic mass is 32.2. The minimum Gasteiger partial charge on any atom is -0.452 e. The average Bonchev–Trinajstić information content (AvgIpc) is 2.65. The van der Waals surface area contributed by atoms with Crippen molar-refractivity contribution in [1.82, 2.24) is 5.32 Å². The Morgan fingerprint density at radius 1 is 1.22 bits per heavy atom. The van der Waals surface area contributed by atoms with E-state index < -0.39 is 22.9 Å². The highest BCUT2D eigenvalue weighted by molar-refractivity contribution is 8.00. The Kier molecular flexibility index (Phi) is 7.30. The molecule has 1 N–H and O–H groups in total. The molecular formula is C18H17FN2O5S. The van der Waals surface area contributed by atoms with Crippen LogP contribution in [0.1, 0.15) is 12.5 Å². The van der Waals surface area contributed by atoms with Gasteiger partial charge in [0, 0.05) is 12.6 Å².